The molecule has 0 bridgehead atoms. The molecule has 1 atom stereocenters. The molecule has 3 rings (SSSR count). The zero-order chi connectivity index (χ0) is 12.5. The Bertz CT molecular complexity index is 590. The summed E-state index contributed by atoms with van der Waals surface area (Å²) in [6, 6.07) is 15.7. The highest BCUT2D eigenvalue weighted by Crippen LogP contribution is 2.26. The molecule has 1 aliphatic rings. The van der Waals surface area contributed by atoms with Crippen LogP contribution in [0.1, 0.15) is 27.7 Å². The second-order valence-electron chi connectivity index (χ2n) is 4.51. The van der Waals surface area contributed by atoms with Crippen molar-refractivity contribution in [1.82, 2.24) is 5.32 Å². The van der Waals surface area contributed by atoms with Crippen LogP contribution < -0.4 is 10.6 Å². The maximum absolute atomic E-state index is 12.0. The van der Waals surface area contributed by atoms with Gasteiger partial charge in [-0.1, -0.05) is 42.0 Å². The molecule has 90 valence electrons. The van der Waals surface area contributed by atoms with Gasteiger partial charge in [-0.3, -0.25) is 4.79 Å². The highest BCUT2D eigenvalue weighted by atomic mass is 16.2. The van der Waals surface area contributed by atoms with Gasteiger partial charge in [-0.05, 0) is 24.6 Å². The fourth-order valence-corrected chi connectivity index (χ4v) is 2.13. The van der Waals surface area contributed by atoms with Crippen LogP contribution in [-0.4, -0.2) is 5.91 Å². The van der Waals surface area contributed by atoms with E-state index in [1.807, 2.05) is 55.5 Å². The number of rotatable bonds is 1. The van der Waals surface area contributed by atoms with Gasteiger partial charge in [-0.15, -0.1) is 0 Å². The van der Waals surface area contributed by atoms with E-state index in [4.69, 9.17) is 0 Å². The predicted molar refractivity (Wildman–Crippen MR) is 71.5 cm³/mol. The summed E-state index contributed by atoms with van der Waals surface area (Å²) in [4.78, 5) is 12.0. The van der Waals surface area contributed by atoms with E-state index in [1.54, 1.807) is 0 Å². The summed E-state index contributed by atoms with van der Waals surface area (Å²) < 4.78 is 0. The van der Waals surface area contributed by atoms with Gasteiger partial charge in [0.25, 0.3) is 5.91 Å². The Morgan fingerprint density at radius 2 is 1.67 bits per heavy atom. The van der Waals surface area contributed by atoms with Gasteiger partial charge < -0.3 is 10.6 Å². The van der Waals surface area contributed by atoms with Gasteiger partial charge in [0.2, 0.25) is 0 Å². The van der Waals surface area contributed by atoms with Gasteiger partial charge in [0.15, 0.2) is 0 Å². The Balaban J connectivity index is 1.94. The minimum absolute atomic E-state index is 0.0325. The first-order chi connectivity index (χ1) is 8.74. The average molecular weight is 238 g/mol. The van der Waals surface area contributed by atoms with Crippen LogP contribution in [0.5, 0.6) is 0 Å². The Hall–Kier alpha value is -2.29. The molecule has 1 heterocycles. The summed E-state index contributed by atoms with van der Waals surface area (Å²) >= 11 is 0. The van der Waals surface area contributed by atoms with E-state index >= 15 is 0 Å². The second kappa shape index (κ2) is 4.18. The summed E-state index contributed by atoms with van der Waals surface area (Å²) in [6.07, 6.45) is -0.159. The van der Waals surface area contributed by atoms with E-state index in [9.17, 15) is 4.79 Å². The molecular weight excluding hydrogens is 224 g/mol. The second-order valence-corrected chi connectivity index (χ2v) is 4.51. The summed E-state index contributed by atoms with van der Waals surface area (Å²) in [5, 5.41) is 6.29. The molecule has 1 aliphatic heterocycles. The van der Waals surface area contributed by atoms with E-state index in [-0.39, 0.29) is 12.1 Å². The van der Waals surface area contributed by atoms with Gasteiger partial charge in [-0.25, -0.2) is 0 Å². The molecule has 2 aromatic rings. The molecule has 2 aromatic carbocycles. The monoisotopic (exact) mass is 238 g/mol. The third-order valence-electron chi connectivity index (χ3n) is 3.16. The number of fused-ring (bicyclic) bond motifs is 1. The zero-order valence-electron chi connectivity index (χ0n) is 10.1. The smallest absolute Gasteiger partial charge is 0.255 e. The Kier molecular flexibility index (Phi) is 2.52. The lowest BCUT2D eigenvalue weighted by Crippen LogP contribution is -2.38. The maximum Gasteiger partial charge on any atom is 0.255 e. The Labute approximate surface area is 106 Å². The molecule has 0 spiro atoms. The third kappa shape index (κ3) is 1.84. The van der Waals surface area contributed by atoms with Crippen LogP contribution in [0.15, 0.2) is 48.5 Å². The number of aryl methyl sites for hydroxylation is 1. The summed E-state index contributed by atoms with van der Waals surface area (Å²) in [5.41, 5.74) is 3.84. The number of hydrogen-bond donors (Lipinski definition) is 2. The topological polar surface area (TPSA) is 41.1 Å². The lowest BCUT2D eigenvalue weighted by molar-refractivity contribution is 0.0935. The van der Waals surface area contributed by atoms with Gasteiger partial charge in [-0.2, -0.15) is 0 Å². The molecule has 0 aromatic heterocycles. The molecule has 0 saturated carbocycles. The van der Waals surface area contributed by atoms with Gasteiger partial charge in [0, 0.05) is 5.69 Å². The molecule has 0 fully saturated rings. The molecule has 3 nitrogen and oxygen atoms in total. The van der Waals surface area contributed by atoms with E-state index in [1.165, 1.54) is 5.56 Å². The highest BCUT2D eigenvalue weighted by Gasteiger charge is 2.23. The molecular formula is C15H14N2O. The van der Waals surface area contributed by atoms with Crippen molar-refractivity contribution in [3.63, 3.8) is 0 Å². The molecule has 0 aliphatic carbocycles. The largest absolute Gasteiger partial charge is 0.361 e. The van der Waals surface area contributed by atoms with Crippen molar-refractivity contribution in [3.8, 4) is 0 Å². The van der Waals surface area contributed by atoms with Crippen molar-refractivity contribution < 1.29 is 4.79 Å². The van der Waals surface area contributed by atoms with Crippen LogP contribution in [0.3, 0.4) is 0 Å². The number of carbonyl (C=O) groups excluding carboxylic acids is 1. The molecule has 2 N–H and O–H groups in total. The molecule has 0 radical (unpaired) electrons. The SMILES string of the molecule is Cc1ccc([C@@H]2NC(=O)c3ccccc3N2)cc1. The predicted octanol–water partition coefficient (Wildman–Crippen LogP) is 2.85. The minimum Gasteiger partial charge on any atom is -0.361 e. The quantitative estimate of drug-likeness (QED) is 0.802. The van der Waals surface area contributed by atoms with Crippen LogP contribution in [-0.2, 0) is 0 Å². The van der Waals surface area contributed by atoms with Crippen molar-refractivity contribution in [3.05, 3.63) is 65.2 Å². The third-order valence-corrected chi connectivity index (χ3v) is 3.16. The number of hydrogen-bond acceptors (Lipinski definition) is 2. The lowest BCUT2D eigenvalue weighted by atomic mass is 10.0. The van der Waals surface area contributed by atoms with Crippen LogP contribution in [0, 0.1) is 6.92 Å². The van der Waals surface area contributed by atoms with Crippen molar-refractivity contribution in [1.29, 1.82) is 0 Å². The fourth-order valence-electron chi connectivity index (χ4n) is 2.13. The Morgan fingerprint density at radius 3 is 2.44 bits per heavy atom. The summed E-state index contributed by atoms with van der Waals surface area (Å²) in [6.45, 7) is 2.05. The van der Waals surface area contributed by atoms with E-state index in [0.717, 1.165) is 11.3 Å². The first-order valence-electron chi connectivity index (χ1n) is 5.97. The van der Waals surface area contributed by atoms with Gasteiger partial charge in [0.1, 0.15) is 6.17 Å². The normalized spacial score (nSPS) is 17.6. The summed E-state index contributed by atoms with van der Waals surface area (Å²) in [7, 11) is 0. The maximum atomic E-state index is 12.0. The van der Waals surface area contributed by atoms with E-state index in [2.05, 4.69) is 10.6 Å². The summed E-state index contributed by atoms with van der Waals surface area (Å²) in [5.74, 6) is -0.0325. The number of carbonyl (C=O) groups is 1. The first kappa shape index (κ1) is 10.8. The average Bonchev–Trinajstić information content (AvgIpc) is 2.39. The standard InChI is InChI=1S/C15H14N2O/c1-10-6-8-11(9-7-10)14-16-13-5-3-2-4-12(13)15(18)17-14/h2-9,14,16H,1H3,(H,17,18)/t14-/m0/s1. The van der Waals surface area contributed by atoms with E-state index in [0.29, 0.717) is 5.56 Å². The first-order valence-corrected chi connectivity index (χ1v) is 5.97. The molecule has 3 heteroatoms. The van der Waals surface area contributed by atoms with Crippen molar-refractivity contribution in [2.75, 3.05) is 5.32 Å². The fraction of sp³-hybridized carbons (Fsp3) is 0.133. The van der Waals surface area contributed by atoms with Crippen molar-refractivity contribution >= 4 is 11.6 Å². The number of para-hydroxylation sites is 1. The van der Waals surface area contributed by atoms with Gasteiger partial charge >= 0.3 is 0 Å². The number of nitrogens with one attached hydrogen (secondary N) is 2. The number of amides is 1. The zero-order valence-corrected chi connectivity index (χ0v) is 10.1. The lowest BCUT2D eigenvalue weighted by Gasteiger charge is -2.28. The number of benzene rings is 2. The van der Waals surface area contributed by atoms with Crippen LogP contribution >= 0.6 is 0 Å². The molecule has 0 saturated heterocycles. The van der Waals surface area contributed by atoms with Crippen molar-refractivity contribution in [2.45, 2.75) is 13.1 Å². The molecule has 18 heavy (non-hydrogen) atoms. The number of anilines is 1. The van der Waals surface area contributed by atoms with Crippen LogP contribution in [0.4, 0.5) is 5.69 Å². The van der Waals surface area contributed by atoms with Crippen LogP contribution in [0.2, 0.25) is 0 Å². The molecule has 0 unspecified atom stereocenters. The molecule has 1 amide bonds. The van der Waals surface area contributed by atoms with Crippen LogP contribution in [0.25, 0.3) is 0 Å². The highest BCUT2D eigenvalue weighted by molar-refractivity contribution is 6.01. The van der Waals surface area contributed by atoms with Gasteiger partial charge in [0.05, 0.1) is 5.56 Å². The van der Waals surface area contributed by atoms with E-state index < -0.39 is 0 Å². The minimum atomic E-state index is -0.159. The van der Waals surface area contributed by atoms with Crippen molar-refractivity contribution in [2.24, 2.45) is 0 Å². The Morgan fingerprint density at radius 1 is 0.944 bits per heavy atom.